The van der Waals surface area contributed by atoms with Crippen molar-refractivity contribution in [2.75, 3.05) is 7.11 Å². The second-order valence-corrected chi connectivity index (χ2v) is 3.85. The van der Waals surface area contributed by atoms with Gasteiger partial charge in [-0.25, -0.2) is 4.79 Å². The van der Waals surface area contributed by atoms with Gasteiger partial charge in [-0.05, 0) is 31.1 Å². The molecule has 0 aromatic heterocycles. The molecule has 2 heteroatoms. The van der Waals surface area contributed by atoms with Crippen molar-refractivity contribution >= 4 is 5.97 Å². The van der Waals surface area contributed by atoms with Gasteiger partial charge in [-0.2, -0.15) is 0 Å². The molecule has 2 nitrogen and oxygen atoms in total. The second-order valence-electron chi connectivity index (χ2n) is 3.85. The minimum atomic E-state index is -0.293. The summed E-state index contributed by atoms with van der Waals surface area (Å²) in [5.41, 5.74) is 1.25. The van der Waals surface area contributed by atoms with Crippen LogP contribution in [-0.4, -0.2) is 13.1 Å². The Bertz CT molecular complexity index is 289. The van der Waals surface area contributed by atoms with Crippen molar-refractivity contribution in [3.63, 3.8) is 0 Å². The highest BCUT2D eigenvalue weighted by molar-refractivity contribution is 5.81. The minimum absolute atomic E-state index is 0.293. The Kier molecular flexibility index (Phi) is 4.35. The Morgan fingerprint density at radius 1 is 1.60 bits per heavy atom. The Morgan fingerprint density at radius 2 is 2.33 bits per heavy atom. The molecule has 1 saturated carbocycles. The number of hydrogen-bond donors (Lipinski definition) is 0. The topological polar surface area (TPSA) is 26.3 Å². The third-order valence-corrected chi connectivity index (χ3v) is 2.99. The van der Waals surface area contributed by atoms with Gasteiger partial charge in [0, 0.05) is 6.08 Å². The molecule has 0 amide bonds. The lowest BCUT2D eigenvalue weighted by Crippen LogP contribution is -1.99. The van der Waals surface area contributed by atoms with Crippen LogP contribution < -0.4 is 0 Å². The van der Waals surface area contributed by atoms with Crippen LogP contribution in [0.1, 0.15) is 19.3 Å². The summed E-state index contributed by atoms with van der Waals surface area (Å²) in [4.78, 5) is 10.8. The first-order valence-corrected chi connectivity index (χ1v) is 5.24. The molecular formula is C13H18O2. The molecule has 0 aromatic carbocycles. The fourth-order valence-electron chi connectivity index (χ4n) is 1.99. The highest BCUT2D eigenvalue weighted by atomic mass is 16.5. The number of methoxy groups -OCH3 is 1. The average molecular weight is 206 g/mol. The molecule has 0 spiro atoms. The summed E-state index contributed by atoms with van der Waals surface area (Å²) >= 11 is 0. The van der Waals surface area contributed by atoms with Crippen molar-refractivity contribution in [2.45, 2.75) is 19.3 Å². The number of carbonyl (C=O) groups excluding carboxylic acids is 1. The van der Waals surface area contributed by atoms with Crippen molar-refractivity contribution in [3.05, 3.63) is 37.0 Å². The number of allylic oxidation sites excluding steroid dienone is 3. The minimum Gasteiger partial charge on any atom is -0.466 e. The van der Waals surface area contributed by atoms with Crippen molar-refractivity contribution in [2.24, 2.45) is 11.8 Å². The van der Waals surface area contributed by atoms with Crippen LogP contribution in [0.4, 0.5) is 0 Å². The summed E-state index contributed by atoms with van der Waals surface area (Å²) in [5.74, 6) is 0.661. The van der Waals surface area contributed by atoms with E-state index in [1.54, 1.807) is 0 Å². The van der Waals surface area contributed by atoms with Gasteiger partial charge in [0.15, 0.2) is 0 Å². The van der Waals surface area contributed by atoms with Crippen LogP contribution in [0.25, 0.3) is 0 Å². The molecule has 1 fully saturated rings. The van der Waals surface area contributed by atoms with Gasteiger partial charge in [0.2, 0.25) is 0 Å². The number of carbonyl (C=O) groups is 1. The number of hydrogen-bond acceptors (Lipinski definition) is 2. The summed E-state index contributed by atoms with van der Waals surface area (Å²) in [5, 5.41) is 0. The molecule has 0 bridgehead atoms. The zero-order valence-corrected chi connectivity index (χ0v) is 9.24. The Hall–Kier alpha value is -1.31. The van der Waals surface area contributed by atoms with Crippen LogP contribution in [0, 0.1) is 11.8 Å². The molecule has 82 valence electrons. The van der Waals surface area contributed by atoms with E-state index in [-0.39, 0.29) is 5.97 Å². The van der Waals surface area contributed by atoms with Crippen molar-refractivity contribution in [1.29, 1.82) is 0 Å². The maximum atomic E-state index is 10.8. The second kappa shape index (κ2) is 5.54. The fraction of sp³-hybridized carbons (Fsp3) is 0.462. The van der Waals surface area contributed by atoms with Crippen LogP contribution >= 0.6 is 0 Å². The van der Waals surface area contributed by atoms with Crippen LogP contribution in [0.15, 0.2) is 37.0 Å². The van der Waals surface area contributed by atoms with E-state index in [4.69, 9.17) is 0 Å². The lowest BCUT2D eigenvalue weighted by atomic mass is 9.96. The lowest BCUT2D eigenvalue weighted by Gasteiger charge is -2.09. The van der Waals surface area contributed by atoms with Crippen LogP contribution in [0.3, 0.4) is 0 Å². The van der Waals surface area contributed by atoms with Gasteiger partial charge in [0.25, 0.3) is 0 Å². The molecule has 15 heavy (non-hydrogen) atoms. The predicted molar refractivity (Wildman–Crippen MR) is 61.3 cm³/mol. The average Bonchev–Trinajstić information content (AvgIpc) is 2.60. The molecule has 0 N–H and O–H groups in total. The van der Waals surface area contributed by atoms with Crippen molar-refractivity contribution < 1.29 is 9.53 Å². The Labute approximate surface area is 91.3 Å². The smallest absolute Gasteiger partial charge is 0.330 e. The van der Waals surface area contributed by atoms with Gasteiger partial charge >= 0.3 is 5.97 Å². The fourth-order valence-corrected chi connectivity index (χ4v) is 1.99. The molecule has 1 aliphatic rings. The predicted octanol–water partition coefficient (Wildman–Crippen LogP) is 2.87. The largest absolute Gasteiger partial charge is 0.466 e. The van der Waals surface area contributed by atoms with E-state index >= 15 is 0 Å². The molecular weight excluding hydrogens is 188 g/mol. The maximum Gasteiger partial charge on any atom is 0.330 e. The number of esters is 1. The van der Waals surface area contributed by atoms with Crippen LogP contribution in [-0.2, 0) is 9.53 Å². The molecule has 1 aliphatic carbocycles. The lowest BCUT2D eigenvalue weighted by molar-refractivity contribution is -0.134. The first kappa shape index (κ1) is 11.8. The SMILES string of the molecule is C=C[C@H]1CC[C@@H](C/C=C\C(=O)OC)C1=C. The summed E-state index contributed by atoms with van der Waals surface area (Å²) in [6, 6.07) is 0. The summed E-state index contributed by atoms with van der Waals surface area (Å²) < 4.78 is 4.52. The van der Waals surface area contributed by atoms with E-state index in [1.165, 1.54) is 18.8 Å². The molecule has 2 atom stereocenters. The third kappa shape index (κ3) is 3.08. The zero-order chi connectivity index (χ0) is 11.3. The van der Waals surface area contributed by atoms with Crippen molar-refractivity contribution in [3.8, 4) is 0 Å². The van der Waals surface area contributed by atoms with E-state index in [0.717, 1.165) is 19.3 Å². The molecule has 0 aromatic rings. The first-order chi connectivity index (χ1) is 7.19. The summed E-state index contributed by atoms with van der Waals surface area (Å²) in [6.45, 7) is 7.88. The van der Waals surface area contributed by atoms with Gasteiger partial charge in [-0.1, -0.05) is 24.3 Å². The third-order valence-electron chi connectivity index (χ3n) is 2.99. The molecule has 0 heterocycles. The van der Waals surface area contributed by atoms with E-state index in [9.17, 15) is 4.79 Å². The van der Waals surface area contributed by atoms with E-state index in [0.29, 0.717) is 11.8 Å². The van der Waals surface area contributed by atoms with Crippen LogP contribution in [0.2, 0.25) is 0 Å². The van der Waals surface area contributed by atoms with Gasteiger partial charge in [-0.15, -0.1) is 6.58 Å². The Morgan fingerprint density at radius 3 is 2.87 bits per heavy atom. The van der Waals surface area contributed by atoms with Crippen molar-refractivity contribution in [1.82, 2.24) is 0 Å². The van der Waals surface area contributed by atoms with E-state index in [1.807, 2.05) is 12.2 Å². The normalized spacial score (nSPS) is 25.8. The highest BCUT2D eigenvalue weighted by Crippen LogP contribution is 2.37. The van der Waals surface area contributed by atoms with Gasteiger partial charge in [0.1, 0.15) is 0 Å². The molecule has 0 unspecified atom stereocenters. The molecule has 0 radical (unpaired) electrons. The van der Waals surface area contributed by atoms with E-state index < -0.39 is 0 Å². The zero-order valence-electron chi connectivity index (χ0n) is 9.24. The van der Waals surface area contributed by atoms with Gasteiger partial charge < -0.3 is 4.74 Å². The van der Waals surface area contributed by atoms with Crippen LogP contribution in [0.5, 0.6) is 0 Å². The molecule has 0 saturated heterocycles. The highest BCUT2D eigenvalue weighted by Gasteiger charge is 2.25. The molecule has 0 aliphatic heterocycles. The number of rotatable bonds is 4. The number of ether oxygens (including phenoxy) is 1. The van der Waals surface area contributed by atoms with Gasteiger partial charge in [0.05, 0.1) is 7.11 Å². The summed E-state index contributed by atoms with van der Waals surface area (Å²) in [7, 11) is 1.38. The summed E-state index contributed by atoms with van der Waals surface area (Å²) in [6.07, 6.45) is 8.46. The first-order valence-electron chi connectivity index (χ1n) is 5.24. The maximum absolute atomic E-state index is 10.8. The van der Waals surface area contributed by atoms with Gasteiger partial charge in [-0.3, -0.25) is 0 Å². The van der Waals surface area contributed by atoms with E-state index in [2.05, 4.69) is 17.9 Å². The Balaban J connectivity index is 2.41. The molecule has 1 rings (SSSR count). The monoisotopic (exact) mass is 206 g/mol. The standard InChI is InChI=1S/C13H18O2/c1-4-11-8-9-12(10(11)2)6-5-7-13(14)15-3/h4-5,7,11-12H,1-2,6,8-9H2,3H3/b7-5-/t11-,12+/m0/s1. The quantitative estimate of drug-likeness (QED) is 0.401.